The number of urea groups is 1. The highest BCUT2D eigenvalue weighted by atomic mass is 16.5. The molecule has 1 aromatic rings. The molecule has 1 aromatic heterocycles. The average Bonchev–Trinajstić information content (AvgIpc) is 3.19. The quantitative estimate of drug-likeness (QED) is 0.0749. The maximum absolute atomic E-state index is 12.4. The standard InChI is InChI=1S/C17H30N10O6/c18-8(7-12(20)29)13-26-14(33-27-13)9(4-5-11(19)28)24-17(32)25-10(15(30)31)3-1-2-6-23-16(21)22/h8-10H,1-7,18H2,(H2,19,28)(H2,20,29)(H,30,31)(H4,21,22,23)(H2,24,25,32)/t8-,9-,10-/m0/s1. The van der Waals surface area contributed by atoms with Gasteiger partial charge >= 0.3 is 12.0 Å². The van der Waals surface area contributed by atoms with Gasteiger partial charge in [0, 0.05) is 19.4 Å². The second kappa shape index (κ2) is 13.5. The number of aliphatic carboxylic acids is 1. The number of unbranched alkanes of at least 4 members (excludes halogenated alkanes) is 1. The van der Waals surface area contributed by atoms with Crippen LogP contribution in [0.3, 0.4) is 0 Å². The predicted octanol–water partition coefficient (Wildman–Crippen LogP) is -2.55. The van der Waals surface area contributed by atoms with Crippen molar-refractivity contribution in [2.24, 2.45) is 33.7 Å². The lowest BCUT2D eigenvalue weighted by Gasteiger charge is -2.18. The highest BCUT2D eigenvalue weighted by molar-refractivity contribution is 5.82. The van der Waals surface area contributed by atoms with Crippen LogP contribution in [-0.2, 0) is 14.4 Å². The summed E-state index contributed by atoms with van der Waals surface area (Å²) >= 11 is 0. The second-order valence-electron chi connectivity index (χ2n) is 7.14. The molecule has 0 aromatic carbocycles. The monoisotopic (exact) mass is 470 g/mol. The van der Waals surface area contributed by atoms with Gasteiger partial charge in [0.15, 0.2) is 11.8 Å². The first-order valence-corrected chi connectivity index (χ1v) is 10.0. The number of hydrogen-bond donors (Lipinski definition) is 8. The minimum absolute atomic E-state index is 0.00824. The lowest BCUT2D eigenvalue weighted by molar-refractivity contribution is -0.139. The highest BCUT2D eigenvalue weighted by Crippen LogP contribution is 2.19. The molecule has 0 saturated heterocycles. The third-order valence-corrected chi connectivity index (χ3v) is 4.29. The highest BCUT2D eigenvalue weighted by Gasteiger charge is 2.26. The maximum Gasteiger partial charge on any atom is 0.326 e. The number of aromatic nitrogens is 2. The Bertz CT molecular complexity index is 853. The van der Waals surface area contributed by atoms with Crippen molar-refractivity contribution in [3.05, 3.63) is 11.7 Å². The summed E-state index contributed by atoms with van der Waals surface area (Å²) in [6.07, 6.45) is 0.699. The number of amides is 4. The molecule has 0 bridgehead atoms. The third kappa shape index (κ3) is 10.8. The molecule has 1 heterocycles. The van der Waals surface area contributed by atoms with Gasteiger partial charge in [-0.05, 0) is 25.7 Å². The van der Waals surface area contributed by atoms with Crippen molar-refractivity contribution in [2.75, 3.05) is 6.54 Å². The van der Waals surface area contributed by atoms with E-state index in [1.54, 1.807) is 0 Å². The van der Waals surface area contributed by atoms with E-state index in [2.05, 4.69) is 25.8 Å². The van der Waals surface area contributed by atoms with Crippen molar-refractivity contribution in [1.82, 2.24) is 20.8 Å². The van der Waals surface area contributed by atoms with Crippen LogP contribution in [-0.4, -0.2) is 57.6 Å². The molecule has 0 aliphatic heterocycles. The molecule has 0 saturated carbocycles. The first kappa shape index (κ1) is 27.1. The number of nitrogens with one attached hydrogen (secondary N) is 2. The van der Waals surface area contributed by atoms with Gasteiger partial charge in [-0.15, -0.1) is 0 Å². The zero-order chi connectivity index (χ0) is 25.0. The summed E-state index contributed by atoms with van der Waals surface area (Å²) in [4.78, 5) is 53.9. The summed E-state index contributed by atoms with van der Waals surface area (Å²) in [6, 6.07) is -3.94. The summed E-state index contributed by atoms with van der Waals surface area (Å²) in [5.74, 6) is -2.75. The van der Waals surface area contributed by atoms with E-state index in [-0.39, 0.29) is 43.4 Å². The lowest BCUT2D eigenvalue weighted by atomic mass is 10.1. The molecule has 13 N–H and O–H groups in total. The van der Waals surface area contributed by atoms with E-state index in [4.69, 9.17) is 33.2 Å². The molecule has 0 radical (unpaired) electrons. The molecule has 0 unspecified atom stereocenters. The molecule has 33 heavy (non-hydrogen) atoms. The Morgan fingerprint density at radius 3 is 2.30 bits per heavy atom. The normalized spacial score (nSPS) is 13.4. The number of nitrogens with two attached hydrogens (primary N) is 5. The second-order valence-corrected chi connectivity index (χ2v) is 7.14. The van der Waals surface area contributed by atoms with Crippen molar-refractivity contribution in [3.63, 3.8) is 0 Å². The van der Waals surface area contributed by atoms with E-state index in [1.807, 2.05) is 0 Å². The van der Waals surface area contributed by atoms with E-state index in [0.717, 1.165) is 0 Å². The van der Waals surface area contributed by atoms with E-state index < -0.39 is 41.9 Å². The van der Waals surface area contributed by atoms with Crippen molar-refractivity contribution in [2.45, 2.75) is 56.7 Å². The Kier molecular flexibility index (Phi) is 11.0. The van der Waals surface area contributed by atoms with Crippen LogP contribution in [0.2, 0.25) is 0 Å². The number of rotatable bonds is 15. The number of nitrogens with zero attached hydrogens (tertiary/aromatic N) is 3. The largest absolute Gasteiger partial charge is 0.480 e. The molecule has 3 atom stereocenters. The Balaban J connectivity index is 2.79. The van der Waals surface area contributed by atoms with Crippen LogP contribution >= 0.6 is 0 Å². The van der Waals surface area contributed by atoms with Crippen LogP contribution in [0.1, 0.15) is 62.3 Å². The van der Waals surface area contributed by atoms with Crippen molar-refractivity contribution < 1.29 is 28.8 Å². The van der Waals surface area contributed by atoms with Gasteiger partial charge in [0.2, 0.25) is 17.7 Å². The molecular weight excluding hydrogens is 440 g/mol. The summed E-state index contributed by atoms with van der Waals surface area (Å²) in [6.45, 7) is 0.327. The van der Waals surface area contributed by atoms with Gasteiger partial charge in [0.25, 0.3) is 0 Å². The van der Waals surface area contributed by atoms with Gasteiger partial charge in [-0.1, -0.05) is 5.16 Å². The fourth-order valence-corrected chi connectivity index (χ4v) is 2.68. The zero-order valence-corrected chi connectivity index (χ0v) is 17.9. The van der Waals surface area contributed by atoms with Gasteiger partial charge < -0.3 is 48.9 Å². The van der Waals surface area contributed by atoms with Crippen LogP contribution < -0.4 is 39.3 Å². The van der Waals surface area contributed by atoms with E-state index in [9.17, 15) is 24.3 Å². The minimum Gasteiger partial charge on any atom is -0.480 e. The fraction of sp³-hybridized carbons (Fsp3) is 0.588. The van der Waals surface area contributed by atoms with Crippen LogP contribution in [0.4, 0.5) is 4.79 Å². The number of carboxylic acids is 1. The first-order chi connectivity index (χ1) is 15.5. The molecule has 184 valence electrons. The van der Waals surface area contributed by atoms with Crippen LogP contribution in [0.15, 0.2) is 9.52 Å². The number of aliphatic imine (C=N–C) groups is 1. The molecule has 0 spiro atoms. The van der Waals surface area contributed by atoms with E-state index in [0.29, 0.717) is 19.4 Å². The smallest absolute Gasteiger partial charge is 0.326 e. The molecule has 1 rings (SSSR count). The van der Waals surface area contributed by atoms with Crippen molar-refractivity contribution in [1.29, 1.82) is 0 Å². The minimum atomic E-state index is -1.24. The van der Waals surface area contributed by atoms with E-state index >= 15 is 0 Å². The third-order valence-electron chi connectivity index (χ3n) is 4.29. The number of carbonyl (C=O) groups is 4. The number of carboxylic acid groups (broad SMARTS) is 1. The van der Waals surface area contributed by atoms with Gasteiger partial charge in [-0.2, -0.15) is 4.98 Å². The molecule has 0 aliphatic carbocycles. The SMILES string of the molecule is NC(=O)CC[C@H](NC(=O)N[C@@H](CCCCN=C(N)N)C(=O)O)c1nc([C@@H](N)CC(N)=O)no1. The Morgan fingerprint density at radius 2 is 1.73 bits per heavy atom. The van der Waals surface area contributed by atoms with Gasteiger partial charge in [0.1, 0.15) is 12.1 Å². The van der Waals surface area contributed by atoms with Crippen molar-refractivity contribution in [3.8, 4) is 0 Å². The number of hydrogen-bond acceptors (Lipinski definition) is 9. The number of carbonyl (C=O) groups excluding carboxylic acids is 3. The number of guanidine groups is 1. The van der Waals surface area contributed by atoms with Gasteiger partial charge in [-0.25, -0.2) is 9.59 Å². The Hall–Kier alpha value is -3.95. The van der Waals surface area contributed by atoms with Gasteiger partial charge in [0.05, 0.1) is 6.04 Å². The topological polar surface area (TPSA) is 294 Å². The summed E-state index contributed by atoms with van der Waals surface area (Å²) in [5, 5.41) is 17.8. The van der Waals surface area contributed by atoms with Crippen LogP contribution in [0.25, 0.3) is 0 Å². The molecule has 16 heteroatoms. The van der Waals surface area contributed by atoms with Crippen molar-refractivity contribution >= 4 is 29.8 Å². The zero-order valence-electron chi connectivity index (χ0n) is 17.9. The molecule has 4 amide bonds. The summed E-state index contributed by atoms with van der Waals surface area (Å²) in [5.41, 5.74) is 26.5. The molecule has 0 fully saturated rings. The molecular formula is C17H30N10O6. The summed E-state index contributed by atoms with van der Waals surface area (Å²) < 4.78 is 5.09. The Morgan fingerprint density at radius 1 is 1.03 bits per heavy atom. The van der Waals surface area contributed by atoms with E-state index in [1.165, 1.54) is 0 Å². The number of primary amides is 2. The first-order valence-electron chi connectivity index (χ1n) is 10.0. The molecule has 16 nitrogen and oxygen atoms in total. The van der Waals surface area contributed by atoms with Gasteiger partial charge in [-0.3, -0.25) is 14.6 Å². The lowest BCUT2D eigenvalue weighted by Crippen LogP contribution is -2.47. The average molecular weight is 470 g/mol. The summed E-state index contributed by atoms with van der Waals surface area (Å²) in [7, 11) is 0. The van der Waals surface area contributed by atoms with Crippen LogP contribution in [0, 0.1) is 0 Å². The fourth-order valence-electron chi connectivity index (χ4n) is 2.68. The van der Waals surface area contributed by atoms with Crippen LogP contribution in [0.5, 0.6) is 0 Å². The Labute approximate surface area is 188 Å². The predicted molar refractivity (Wildman–Crippen MR) is 114 cm³/mol. The maximum atomic E-state index is 12.4. The molecule has 0 aliphatic rings.